The van der Waals surface area contributed by atoms with Crippen LogP contribution in [0.4, 0.5) is 0 Å². The van der Waals surface area contributed by atoms with Crippen LogP contribution in [0.2, 0.25) is 0 Å². The van der Waals surface area contributed by atoms with Crippen LogP contribution in [0.1, 0.15) is 25.7 Å². The summed E-state index contributed by atoms with van der Waals surface area (Å²) in [5, 5.41) is 11.6. The normalized spacial score (nSPS) is 19.1. The highest BCUT2D eigenvalue weighted by Crippen LogP contribution is 2.29. The predicted molar refractivity (Wildman–Crippen MR) is 55.3 cm³/mol. The molecular formula is C9H15NO3S. The molecule has 0 saturated heterocycles. The van der Waals surface area contributed by atoms with Gasteiger partial charge in [0.2, 0.25) is 6.41 Å². The Balaban J connectivity index is 2.24. The van der Waals surface area contributed by atoms with E-state index in [9.17, 15) is 9.59 Å². The van der Waals surface area contributed by atoms with Crippen LogP contribution in [0.15, 0.2) is 0 Å². The van der Waals surface area contributed by atoms with E-state index in [0.29, 0.717) is 17.4 Å². The second kappa shape index (κ2) is 5.90. The fraction of sp³-hybridized carbons (Fsp3) is 0.778. The summed E-state index contributed by atoms with van der Waals surface area (Å²) in [5.41, 5.74) is 0. The zero-order valence-corrected chi connectivity index (χ0v) is 8.76. The van der Waals surface area contributed by atoms with Crippen molar-refractivity contribution in [2.75, 3.05) is 5.75 Å². The maximum absolute atomic E-state index is 10.7. The average Bonchev–Trinajstić information content (AvgIpc) is 2.64. The van der Waals surface area contributed by atoms with Crippen molar-refractivity contribution in [3.63, 3.8) is 0 Å². The van der Waals surface area contributed by atoms with Gasteiger partial charge in [-0.3, -0.25) is 4.79 Å². The van der Waals surface area contributed by atoms with E-state index < -0.39 is 12.0 Å². The molecule has 0 aromatic carbocycles. The molecule has 5 heteroatoms. The highest BCUT2D eigenvalue weighted by molar-refractivity contribution is 8.00. The van der Waals surface area contributed by atoms with Crippen LogP contribution >= 0.6 is 11.8 Å². The molecule has 14 heavy (non-hydrogen) atoms. The molecule has 0 spiro atoms. The van der Waals surface area contributed by atoms with E-state index in [1.54, 1.807) is 11.8 Å². The summed E-state index contributed by atoms with van der Waals surface area (Å²) < 4.78 is 0. The van der Waals surface area contributed by atoms with Gasteiger partial charge in [-0.2, -0.15) is 11.8 Å². The van der Waals surface area contributed by atoms with Gasteiger partial charge >= 0.3 is 5.97 Å². The summed E-state index contributed by atoms with van der Waals surface area (Å²) in [6, 6.07) is -0.738. The first kappa shape index (κ1) is 11.4. The Labute approximate surface area is 87.4 Å². The Morgan fingerprint density at radius 2 is 2.21 bits per heavy atom. The first-order valence-electron chi connectivity index (χ1n) is 4.78. The van der Waals surface area contributed by atoms with Crippen LogP contribution in [0.25, 0.3) is 0 Å². The molecule has 1 fully saturated rings. The number of aliphatic carboxylic acids is 1. The molecular weight excluding hydrogens is 202 g/mol. The Morgan fingerprint density at radius 1 is 1.57 bits per heavy atom. The number of carboxylic acid groups (broad SMARTS) is 1. The number of amides is 1. The summed E-state index contributed by atoms with van der Waals surface area (Å²) in [4.78, 5) is 20.8. The lowest BCUT2D eigenvalue weighted by atomic mass is 10.3. The summed E-state index contributed by atoms with van der Waals surface area (Å²) in [6.45, 7) is 0. The van der Waals surface area contributed by atoms with Crippen molar-refractivity contribution in [2.45, 2.75) is 37.0 Å². The summed E-state index contributed by atoms with van der Waals surface area (Å²) in [5.74, 6) is -0.485. The van der Waals surface area contributed by atoms with E-state index in [1.165, 1.54) is 25.7 Å². The van der Waals surface area contributed by atoms with Crippen molar-refractivity contribution >= 4 is 24.1 Å². The molecule has 1 saturated carbocycles. The minimum Gasteiger partial charge on any atom is -0.480 e. The number of carboxylic acids is 1. The van der Waals surface area contributed by atoms with E-state index in [4.69, 9.17) is 5.11 Å². The largest absolute Gasteiger partial charge is 0.480 e. The van der Waals surface area contributed by atoms with Gasteiger partial charge in [0.1, 0.15) is 6.04 Å². The molecule has 0 radical (unpaired) electrons. The van der Waals surface area contributed by atoms with Crippen LogP contribution in [0.5, 0.6) is 0 Å². The van der Waals surface area contributed by atoms with Crippen molar-refractivity contribution in [3.05, 3.63) is 0 Å². The van der Waals surface area contributed by atoms with Crippen LogP contribution < -0.4 is 5.32 Å². The van der Waals surface area contributed by atoms with Crippen LogP contribution in [-0.4, -0.2) is 34.5 Å². The molecule has 2 N–H and O–H groups in total. The topological polar surface area (TPSA) is 66.4 Å². The minimum absolute atomic E-state index is 0.452. The molecule has 0 aliphatic heterocycles. The lowest BCUT2D eigenvalue weighted by molar-refractivity contribution is -0.139. The third-order valence-corrected chi connectivity index (χ3v) is 3.84. The van der Waals surface area contributed by atoms with Gasteiger partial charge in [-0.05, 0) is 12.8 Å². The second-order valence-electron chi connectivity index (χ2n) is 3.42. The summed E-state index contributed by atoms with van der Waals surface area (Å²) in [6.07, 6.45) is 5.30. The van der Waals surface area contributed by atoms with Crippen LogP contribution in [-0.2, 0) is 9.59 Å². The number of thioether (sulfide) groups is 1. The monoisotopic (exact) mass is 217 g/mol. The number of nitrogens with one attached hydrogen (secondary N) is 1. The molecule has 1 aliphatic rings. The molecule has 1 atom stereocenters. The van der Waals surface area contributed by atoms with E-state index in [1.807, 2.05) is 0 Å². The number of carbonyl (C=O) groups excluding carboxylic acids is 1. The van der Waals surface area contributed by atoms with Crippen LogP contribution in [0, 0.1) is 0 Å². The van der Waals surface area contributed by atoms with Gasteiger partial charge in [0.15, 0.2) is 0 Å². The van der Waals surface area contributed by atoms with E-state index >= 15 is 0 Å². The standard InChI is InChI=1S/C9H15NO3S/c11-6-10-8(9(12)13)5-14-7-3-1-2-4-7/h6-8H,1-5H2,(H,10,11)(H,12,13). The molecule has 80 valence electrons. The quantitative estimate of drug-likeness (QED) is 0.648. The molecule has 0 aromatic rings. The number of hydrogen-bond donors (Lipinski definition) is 2. The summed E-state index contributed by atoms with van der Waals surface area (Å²) in [7, 11) is 0. The molecule has 0 bridgehead atoms. The van der Waals surface area contributed by atoms with E-state index in [-0.39, 0.29) is 0 Å². The zero-order chi connectivity index (χ0) is 10.4. The van der Waals surface area contributed by atoms with Crippen molar-refractivity contribution < 1.29 is 14.7 Å². The Kier molecular flexibility index (Phi) is 4.79. The van der Waals surface area contributed by atoms with Gasteiger partial charge in [0.05, 0.1) is 0 Å². The number of rotatable bonds is 6. The van der Waals surface area contributed by atoms with Gasteiger partial charge < -0.3 is 10.4 Å². The van der Waals surface area contributed by atoms with Crippen molar-refractivity contribution in [3.8, 4) is 0 Å². The van der Waals surface area contributed by atoms with E-state index in [0.717, 1.165) is 0 Å². The molecule has 0 heterocycles. The Bertz CT molecular complexity index is 204. The predicted octanol–water partition coefficient (Wildman–Crippen LogP) is 0.861. The number of hydrogen-bond acceptors (Lipinski definition) is 3. The third-order valence-electron chi connectivity index (χ3n) is 2.37. The van der Waals surface area contributed by atoms with Gasteiger partial charge in [-0.25, -0.2) is 4.79 Å². The first-order valence-corrected chi connectivity index (χ1v) is 5.83. The maximum atomic E-state index is 10.7. The van der Waals surface area contributed by atoms with Gasteiger partial charge in [-0.15, -0.1) is 0 Å². The van der Waals surface area contributed by atoms with Crippen molar-refractivity contribution in [1.82, 2.24) is 5.32 Å². The number of carbonyl (C=O) groups is 2. The minimum atomic E-state index is -0.956. The molecule has 1 unspecified atom stereocenters. The molecule has 1 aliphatic carbocycles. The summed E-state index contributed by atoms with van der Waals surface area (Å²) >= 11 is 1.66. The first-order chi connectivity index (χ1) is 6.74. The SMILES string of the molecule is O=CNC(CSC1CCCC1)C(=O)O. The van der Waals surface area contributed by atoms with Gasteiger partial charge in [0.25, 0.3) is 0 Å². The zero-order valence-electron chi connectivity index (χ0n) is 7.94. The Morgan fingerprint density at radius 3 is 2.71 bits per heavy atom. The molecule has 4 nitrogen and oxygen atoms in total. The molecule has 1 amide bonds. The lowest BCUT2D eigenvalue weighted by Gasteiger charge is -2.13. The molecule has 0 aromatic heterocycles. The second-order valence-corrected chi connectivity index (χ2v) is 4.75. The van der Waals surface area contributed by atoms with Crippen molar-refractivity contribution in [2.24, 2.45) is 0 Å². The third kappa shape index (κ3) is 3.57. The highest BCUT2D eigenvalue weighted by atomic mass is 32.2. The average molecular weight is 217 g/mol. The van der Waals surface area contributed by atoms with Crippen molar-refractivity contribution in [1.29, 1.82) is 0 Å². The highest BCUT2D eigenvalue weighted by Gasteiger charge is 2.21. The smallest absolute Gasteiger partial charge is 0.327 e. The van der Waals surface area contributed by atoms with E-state index in [2.05, 4.69) is 5.32 Å². The molecule has 1 rings (SSSR count). The van der Waals surface area contributed by atoms with Crippen LogP contribution in [0.3, 0.4) is 0 Å². The van der Waals surface area contributed by atoms with Gasteiger partial charge in [0, 0.05) is 11.0 Å². The fourth-order valence-corrected chi connectivity index (χ4v) is 2.93. The van der Waals surface area contributed by atoms with Gasteiger partial charge in [-0.1, -0.05) is 12.8 Å². The maximum Gasteiger partial charge on any atom is 0.327 e. The Hall–Kier alpha value is -0.710. The lowest BCUT2D eigenvalue weighted by Crippen LogP contribution is -2.38. The fourth-order valence-electron chi connectivity index (χ4n) is 1.56.